The van der Waals surface area contributed by atoms with Gasteiger partial charge in [-0.05, 0) is 23.8 Å². The number of nitrogens with one attached hydrogen (secondary N) is 1. The van der Waals surface area contributed by atoms with Crippen LogP contribution in [0.25, 0.3) is 11.3 Å². The standard InChI is InChI=1S/C12H7FN2O3/c13-6-1-2-7-5(3-6)4-8-9(7)14-12(18)15-10(8)11(16)17/h1-3H,4H2,(H,16,17)(H,14,15,18). The van der Waals surface area contributed by atoms with E-state index < -0.39 is 17.5 Å². The summed E-state index contributed by atoms with van der Waals surface area (Å²) in [5.41, 5.74) is 1.10. The van der Waals surface area contributed by atoms with Gasteiger partial charge >= 0.3 is 11.7 Å². The van der Waals surface area contributed by atoms with E-state index in [4.69, 9.17) is 5.11 Å². The Labute approximate surface area is 99.9 Å². The summed E-state index contributed by atoms with van der Waals surface area (Å²) in [7, 11) is 0. The Bertz CT molecular complexity index is 737. The van der Waals surface area contributed by atoms with Crippen LogP contribution in [0.5, 0.6) is 0 Å². The monoisotopic (exact) mass is 246 g/mol. The minimum Gasteiger partial charge on any atom is -0.477 e. The van der Waals surface area contributed by atoms with Crippen LogP contribution >= 0.6 is 0 Å². The van der Waals surface area contributed by atoms with Crippen LogP contribution in [0, 0.1) is 5.82 Å². The minimum atomic E-state index is -1.22. The predicted octanol–water partition coefficient (Wildman–Crippen LogP) is 1.18. The van der Waals surface area contributed by atoms with Crippen LogP contribution < -0.4 is 5.69 Å². The molecule has 90 valence electrons. The number of rotatable bonds is 1. The third-order valence-electron chi connectivity index (χ3n) is 2.94. The number of benzene rings is 1. The molecule has 0 amide bonds. The molecule has 0 fully saturated rings. The molecule has 1 aliphatic carbocycles. The van der Waals surface area contributed by atoms with Crippen LogP contribution in [-0.4, -0.2) is 21.0 Å². The molecule has 1 heterocycles. The molecule has 2 N–H and O–H groups in total. The maximum Gasteiger partial charge on any atom is 0.352 e. The number of fused-ring (bicyclic) bond motifs is 3. The summed E-state index contributed by atoms with van der Waals surface area (Å²) >= 11 is 0. The number of H-pyrrole nitrogens is 1. The highest BCUT2D eigenvalue weighted by molar-refractivity contribution is 5.91. The zero-order valence-corrected chi connectivity index (χ0v) is 9.03. The van der Waals surface area contributed by atoms with E-state index in [1.165, 1.54) is 18.2 Å². The summed E-state index contributed by atoms with van der Waals surface area (Å²) in [4.78, 5) is 28.4. The molecule has 6 heteroatoms. The molecule has 5 nitrogen and oxygen atoms in total. The fourth-order valence-corrected chi connectivity index (χ4v) is 2.21. The second-order valence-electron chi connectivity index (χ2n) is 4.03. The number of aromatic amines is 1. The molecule has 0 saturated carbocycles. The summed E-state index contributed by atoms with van der Waals surface area (Å²) in [6, 6.07) is 4.10. The average molecular weight is 246 g/mol. The molecule has 0 saturated heterocycles. The summed E-state index contributed by atoms with van der Waals surface area (Å²) in [6.07, 6.45) is 0.258. The van der Waals surface area contributed by atoms with Crippen molar-refractivity contribution in [1.82, 2.24) is 9.97 Å². The lowest BCUT2D eigenvalue weighted by Crippen LogP contribution is -2.18. The Balaban J connectivity index is 2.32. The van der Waals surface area contributed by atoms with E-state index in [-0.39, 0.29) is 12.1 Å². The van der Waals surface area contributed by atoms with Crippen LogP contribution in [0.3, 0.4) is 0 Å². The molecule has 0 aliphatic heterocycles. The van der Waals surface area contributed by atoms with Crippen LogP contribution in [0.1, 0.15) is 21.6 Å². The average Bonchev–Trinajstić information content (AvgIpc) is 2.65. The molecule has 0 spiro atoms. The van der Waals surface area contributed by atoms with Crippen molar-refractivity contribution in [2.75, 3.05) is 0 Å². The topological polar surface area (TPSA) is 83.0 Å². The van der Waals surface area contributed by atoms with E-state index in [9.17, 15) is 14.0 Å². The summed E-state index contributed by atoms with van der Waals surface area (Å²) in [5.74, 6) is -1.62. The molecule has 0 bridgehead atoms. The van der Waals surface area contributed by atoms with Gasteiger partial charge in [-0.25, -0.2) is 14.0 Å². The molecule has 1 aromatic carbocycles. The van der Waals surface area contributed by atoms with Gasteiger partial charge in [0.25, 0.3) is 0 Å². The van der Waals surface area contributed by atoms with Gasteiger partial charge in [-0.15, -0.1) is 0 Å². The largest absolute Gasteiger partial charge is 0.477 e. The van der Waals surface area contributed by atoms with Gasteiger partial charge in [0.05, 0.1) is 5.69 Å². The normalized spacial score (nSPS) is 12.1. The van der Waals surface area contributed by atoms with Crippen molar-refractivity contribution in [2.45, 2.75) is 6.42 Å². The molecular weight excluding hydrogens is 239 g/mol. The fraction of sp³-hybridized carbons (Fsp3) is 0.0833. The van der Waals surface area contributed by atoms with Gasteiger partial charge in [-0.1, -0.05) is 0 Å². The van der Waals surface area contributed by atoms with Gasteiger partial charge in [-0.2, -0.15) is 4.98 Å². The van der Waals surface area contributed by atoms with E-state index in [0.717, 1.165) is 0 Å². The third kappa shape index (κ3) is 1.42. The van der Waals surface area contributed by atoms with Crippen LogP contribution in [-0.2, 0) is 6.42 Å². The van der Waals surface area contributed by atoms with Gasteiger partial charge in [0.15, 0.2) is 0 Å². The smallest absolute Gasteiger partial charge is 0.352 e. The maximum absolute atomic E-state index is 13.1. The first-order valence-electron chi connectivity index (χ1n) is 5.21. The molecule has 2 aromatic rings. The van der Waals surface area contributed by atoms with Crippen molar-refractivity contribution in [3.05, 3.63) is 51.3 Å². The number of nitrogens with zero attached hydrogens (tertiary/aromatic N) is 1. The number of aromatic carboxylic acids is 1. The molecule has 0 atom stereocenters. The van der Waals surface area contributed by atoms with Crippen molar-refractivity contribution in [3.63, 3.8) is 0 Å². The van der Waals surface area contributed by atoms with Crippen LogP contribution in [0.4, 0.5) is 4.39 Å². The fourth-order valence-electron chi connectivity index (χ4n) is 2.21. The van der Waals surface area contributed by atoms with Crippen molar-refractivity contribution in [2.24, 2.45) is 0 Å². The lowest BCUT2D eigenvalue weighted by atomic mass is 10.1. The third-order valence-corrected chi connectivity index (χ3v) is 2.94. The summed E-state index contributed by atoms with van der Waals surface area (Å²) in [6.45, 7) is 0. The van der Waals surface area contributed by atoms with Crippen LogP contribution in [0.15, 0.2) is 23.0 Å². The van der Waals surface area contributed by atoms with Crippen molar-refractivity contribution in [1.29, 1.82) is 0 Å². The zero-order chi connectivity index (χ0) is 12.9. The van der Waals surface area contributed by atoms with E-state index in [2.05, 4.69) is 9.97 Å². The lowest BCUT2D eigenvalue weighted by Gasteiger charge is -2.02. The Morgan fingerprint density at radius 1 is 1.44 bits per heavy atom. The first kappa shape index (κ1) is 10.6. The van der Waals surface area contributed by atoms with E-state index in [1.807, 2.05) is 0 Å². The van der Waals surface area contributed by atoms with E-state index in [0.29, 0.717) is 22.4 Å². The Kier molecular flexibility index (Phi) is 2.07. The SMILES string of the molecule is O=C(O)c1[nH]c(=O)nc2c1Cc1cc(F)ccc1-2. The maximum atomic E-state index is 13.1. The van der Waals surface area contributed by atoms with Gasteiger partial charge in [0, 0.05) is 17.5 Å². The molecule has 3 rings (SSSR count). The lowest BCUT2D eigenvalue weighted by molar-refractivity contribution is 0.0689. The first-order valence-corrected chi connectivity index (χ1v) is 5.21. The highest BCUT2D eigenvalue weighted by Crippen LogP contribution is 2.35. The van der Waals surface area contributed by atoms with Gasteiger partial charge < -0.3 is 5.11 Å². The van der Waals surface area contributed by atoms with Crippen molar-refractivity contribution in [3.8, 4) is 11.3 Å². The van der Waals surface area contributed by atoms with E-state index >= 15 is 0 Å². The van der Waals surface area contributed by atoms with E-state index in [1.54, 1.807) is 0 Å². The molecular formula is C12H7FN2O3. The number of halogens is 1. The van der Waals surface area contributed by atoms with Crippen molar-refractivity contribution >= 4 is 5.97 Å². The zero-order valence-electron chi connectivity index (χ0n) is 9.03. The summed E-state index contributed by atoms with van der Waals surface area (Å²) in [5, 5.41) is 9.04. The molecule has 1 aromatic heterocycles. The summed E-state index contributed by atoms with van der Waals surface area (Å²) < 4.78 is 13.1. The predicted molar refractivity (Wildman–Crippen MR) is 60.0 cm³/mol. The second kappa shape index (κ2) is 3.49. The van der Waals surface area contributed by atoms with Crippen molar-refractivity contribution < 1.29 is 14.3 Å². The van der Waals surface area contributed by atoms with Gasteiger partial charge in [0.1, 0.15) is 11.5 Å². The molecule has 0 radical (unpaired) electrons. The number of hydrogen-bond acceptors (Lipinski definition) is 3. The number of carboxylic acids is 1. The molecule has 1 aliphatic rings. The highest BCUT2D eigenvalue weighted by atomic mass is 19.1. The Morgan fingerprint density at radius 2 is 2.22 bits per heavy atom. The minimum absolute atomic E-state index is 0.179. The van der Waals surface area contributed by atoms with Crippen LogP contribution in [0.2, 0.25) is 0 Å². The highest BCUT2D eigenvalue weighted by Gasteiger charge is 2.26. The quantitative estimate of drug-likeness (QED) is 0.675. The molecule has 18 heavy (non-hydrogen) atoms. The number of hydrogen-bond donors (Lipinski definition) is 2. The number of carboxylic acid groups (broad SMARTS) is 1. The Hall–Kier alpha value is -2.50. The van der Waals surface area contributed by atoms with Gasteiger partial charge in [0.2, 0.25) is 0 Å². The number of aromatic nitrogens is 2. The number of carbonyl (C=O) groups is 1. The Morgan fingerprint density at radius 3 is 2.94 bits per heavy atom. The van der Waals surface area contributed by atoms with Gasteiger partial charge in [-0.3, -0.25) is 4.98 Å². The molecule has 0 unspecified atom stereocenters. The second-order valence-corrected chi connectivity index (χ2v) is 4.03. The first-order chi connectivity index (χ1) is 8.56.